The molecule has 0 fully saturated rings. The number of nitrogens with zero attached hydrogens (tertiary/aromatic N) is 2. The first-order valence-electron chi connectivity index (χ1n) is 9.24. The Kier molecular flexibility index (Phi) is 10.4. The van der Waals surface area contributed by atoms with Crippen molar-refractivity contribution in [2.24, 2.45) is 0 Å². The fourth-order valence-electron chi connectivity index (χ4n) is 2.60. The number of hydrogen-bond donors (Lipinski definition) is 2. The van der Waals surface area contributed by atoms with Gasteiger partial charge < -0.3 is 20.3 Å². The fraction of sp³-hybridized carbons (Fsp3) is 0.722. The summed E-state index contributed by atoms with van der Waals surface area (Å²) in [5, 5.41) is 10.5. The van der Waals surface area contributed by atoms with Crippen molar-refractivity contribution in [2.45, 2.75) is 63.4 Å². The van der Waals surface area contributed by atoms with E-state index >= 15 is 0 Å². The molecule has 0 aliphatic rings. The largest absolute Gasteiger partial charge is 0.462 e. The van der Waals surface area contributed by atoms with Crippen molar-refractivity contribution in [2.75, 3.05) is 25.3 Å². The summed E-state index contributed by atoms with van der Waals surface area (Å²) in [6, 6.07) is 1.22. The third-order valence-electron chi connectivity index (χ3n) is 4.51. The molecule has 10 heteroatoms. The standard InChI is InChI=1S/C18H29ClFN3O5/c1-3-4-5-6-7-8-14(24)28-12-18(11-19,27-2)15(25)16(20)23-10-9-13(21)22-17(23)26/h9-10,15-16,25H,3-8,11-12H2,1-2H3,(H2,21,22,26)/t15-,16-,18+/m0/s1. The molecule has 160 valence electrons. The van der Waals surface area contributed by atoms with Gasteiger partial charge in [0.05, 0.1) is 5.88 Å². The van der Waals surface area contributed by atoms with E-state index in [9.17, 15) is 19.1 Å². The Morgan fingerprint density at radius 3 is 2.68 bits per heavy atom. The van der Waals surface area contributed by atoms with E-state index in [4.69, 9.17) is 26.8 Å². The van der Waals surface area contributed by atoms with E-state index in [1.54, 1.807) is 0 Å². The van der Waals surface area contributed by atoms with Gasteiger partial charge in [-0.25, -0.2) is 9.18 Å². The number of methoxy groups -OCH3 is 1. The van der Waals surface area contributed by atoms with Crippen molar-refractivity contribution in [3.8, 4) is 0 Å². The van der Waals surface area contributed by atoms with Crippen LogP contribution < -0.4 is 11.4 Å². The van der Waals surface area contributed by atoms with Gasteiger partial charge in [0.25, 0.3) is 0 Å². The van der Waals surface area contributed by atoms with Crippen LogP contribution in [0.4, 0.5) is 10.2 Å². The van der Waals surface area contributed by atoms with Crippen molar-refractivity contribution in [1.29, 1.82) is 0 Å². The highest BCUT2D eigenvalue weighted by atomic mass is 35.5. The Balaban J connectivity index is 2.74. The van der Waals surface area contributed by atoms with Crippen molar-refractivity contribution >= 4 is 23.4 Å². The lowest BCUT2D eigenvalue weighted by atomic mass is 9.98. The van der Waals surface area contributed by atoms with Gasteiger partial charge in [-0.15, -0.1) is 11.6 Å². The number of unbranched alkanes of at least 4 members (excludes halogenated alkanes) is 4. The highest BCUT2D eigenvalue weighted by molar-refractivity contribution is 6.18. The summed E-state index contributed by atoms with van der Waals surface area (Å²) < 4.78 is 25.7. The molecule has 1 aromatic rings. The number of anilines is 1. The molecular formula is C18H29ClFN3O5. The number of nitrogens with two attached hydrogens (primary N) is 1. The van der Waals surface area contributed by atoms with Gasteiger partial charge in [-0.05, 0) is 12.5 Å². The predicted molar refractivity (Wildman–Crippen MR) is 104 cm³/mol. The third kappa shape index (κ3) is 6.72. The maximum absolute atomic E-state index is 14.8. The SMILES string of the molecule is CCCCCCCC(=O)OC[C@@](CCl)(OC)[C@@H](O)[C@@H](F)n1ccc(N)nc1=O. The lowest BCUT2D eigenvalue weighted by Crippen LogP contribution is -2.54. The molecule has 0 spiro atoms. The van der Waals surface area contributed by atoms with E-state index in [0.29, 0.717) is 11.0 Å². The Hall–Kier alpha value is -1.71. The topological polar surface area (TPSA) is 117 Å². The third-order valence-corrected chi connectivity index (χ3v) is 4.96. The minimum atomic E-state index is -2.23. The Morgan fingerprint density at radius 2 is 2.11 bits per heavy atom. The number of aliphatic hydroxyl groups excluding tert-OH is 1. The fourth-order valence-corrected chi connectivity index (χ4v) is 2.95. The number of esters is 1. The van der Waals surface area contributed by atoms with Crippen molar-refractivity contribution in [3.63, 3.8) is 0 Å². The first kappa shape index (κ1) is 24.3. The number of carbonyl (C=O) groups is 1. The highest BCUT2D eigenvalue weighted by Crippen LogP contribution is 2.27. The van der Waals surface area contributed by atoms with E-state index in [2.05, 4.69) is 11.9 Å². The molecule has 0 saturated carbocycles. The minimum Gasteiger partial charge on any atom is -0.462 e. The normalized spacial score (nSPS) is 15.6. The molecule has 0 radical (unpaired) electrons. The van der Waals surface area contributed by atoms with Crippen LogP contribution >= 0.6 is 11.6 Å². The highest BCUT2D eigenvalue weighted by Gasteiger charge is 2.45. The van der Waals surface area contributed by atoms with Gasteiger partial charge in [0.1, 0.15) is 24.1 Å². The summed E-state index contributed by atoms with van der Waals surface area (Å²) in [6.45, 7) is 1.64. The lowest BCUT2D eigenvalue weighted by Gasteiger charge is -2.36. The molecule has 1 rings (SSSR count). The van der Waals surface area contributed by atoms with E-state index < -0.39 is 36.3 Å². The maximum Gasteiger partial charge on any atom is 0.351 e. The van der Waals surface area contributed by atoms with Crippen LogP contribution in [-0.4, -0.2) is 51.9 Å². The van der Waals surface area contributed by atoms with Crippen LogP contribution in [0.1, 0.15) is 51.7 Å². The Bertz CT molecular complexity index is 669. The Morgan fingerprint density at radius 1 is 1.43 bits per heavy atom. The minimum absolute atomic E-state index is 0.0776. The summed E-state index contributed by atoms with van der Waals surface area (Å²) in [5.74, 6) is -0.936. The van der Waals surface area contributed by atoms with Gasteiger partial charge in [0, 0.05) is 19.7 Å². The molecule has 0 bridgehead atoms. The Labute approximate surface area is 168 Å². The van der Waals surface area contributed by atoms with Crippen molar-refractivity contribution in [1.82, 2.24) is 9.55 Å². The number of alkyl halides is 2. The predicted octanol–water partition coefficient (Wildman–Crippen LogP) is 2.18. The first-order valence-corrected chi connectivity index (χ1v) is 9.78. The van der Waals surface area contributed by atoms with Gasteiger partial charge in [-0.2, -0.15) is 4.98 Å². The second-order valence-corrected chi connectivity index (χ2v) is 6.85. The average molecular weight is 422 g/mol. The monoisotopic (exact) mass is 421 g/mol. The van der Waals surface area contributed by atoms with Crippen LogP contribution in [0, 0.1) is 0 Å². The molecule has 3 N–H and O–H groups in total. The number of aliphatic hydroxyl groups is 1. The molecular weight excluding hydrogens is 393 g/mol. The van der Waals surface area contributed by atoms with Crippen LogP contribution in [0.2, 0.25) is 0 Å². The molecule has 28 heavy (non-hydrogen) atoms. The maximum atomic E-state index is 14.8. The zero-order chi connectivity index (χ0) is 21.2. The molecule has 3 atom stereocenters. The van der Waals surface area contributed by atoms with Gasteiger partial charge in [0.2, 0.25) is 6.30 Å². The van der Waals surface area contributed by atoms with Crippen LogP contribution in [-0.2, 0) is 14.3 Å². The second kappa shape index (κ2) is 12.0. The number of carbonyl (C=O) groups excluding carboxylic acids is 1. The molecule has 1 aromatic heterocycles. The number of rotatable bonds is 13. The molecule has 0 aliphatic heterocycles. The average Bonchev–Trinajstić information content (AvgIpc) is 2.68. The zero-order valence-corrected chi connectivity index (χ0v) is 17.0. The van der Waals surface area contributed by atoms with Crippen LogP contribution in [0.25, 0.3) is 0 Å². The van der Waals surface area contributed by atoms with Crippen molar-refractivity contribution < 1.29 is 23.8 Å². The van der Waals surface area contributed by atoms with E-state index in [1.165, 1.54) is 13.2 Å². The number of ether oxygens (including phenoxy) is 2. The number of halogens is 2. The molecule has 1 heterocycles. The summed E-state index contributed by atoms with van der Waals surface area (Å²) in [6.07, 6.45) is 2.00. The van der Waals surface area contributed by atoms with Crippen LogP contribution in [0.15, 0.2) is 17.1 Å². The number of aromatic nitrogens is 2. The molecule has 8 nitrogen and oxygen atoms in total. The molecule has 0 unspecified atom stereocenters. The summed E-state index contributed by atoms with van der Waals surface area (Å²) in [4.78, 5) is 27.2. The quantitative estimate of drug-likeness (QED) is 0.285. The lowest BCUT2D eigenvalue weighted by molar-refractivity contribution is -0.175. The molecule has 0 aliphatic carbocycles. The van der Waals surface area contributed by atoms with Crippen molar-refractivity contribution in [3.05, 3.63) is 22.7 Å². The van der Waals surface area contributed by atoms with Crippen LogP contribution in [0.3, 0.4) is 0 Å². The van der Waals surface area contributed by atoms with Gasteiger partial charge in [0.15, 0.2) is 0 Å². The number of hydrogen-bond acceptors (Lipinski definition) is 7. The zero-order valence-electron chi connectivity index (χ0n) is 16.3. The van der Waals surface area contributed by atoms with E-state index in [1.807, 2.05) is 0 Å². The first-order chi connectivity index (χ1) is 13.3. The van der Waals surface area contributed by atoms with Gasteiger partial charge in [-0.1, -0.05) is 32.6 Å². The summed E-state index contributed by atoms with van der Waals surface area (Å²) >= 11 is 5.89. The molecule has 0 aromatic carbocycles. The van der Waals surface area contributed by atoms with Gasteiger partial charge in [-0.3, -0.25) is 9.36 Å². The van der Waals surface area contributed by atoms with E-state index in [0.717, 1.165) is 31.9 Å². The smallest absolute Gasteiger partial charge is 0.351 e. The van der Waals surface area contributed by atoms with Gasteiger partial charge >= 0.3 is 11.7 Å². The van der Waals surface area contributed by atoms with E-state index in [-0.39, 0.29) is 18.1 Å². The molecule has 0 saturated heterocycles. The summed E-state index contributed by atoms with van der Waals surface area (Å²) in [7, 11) is 1.21. The molecule has 0 amide bonds. The van der Waals surface area contributed by atoms with Crippen LogP contribution in [0.5, 0.6) is 0 Å². The number of nitrogen functional groups attached to an aromatic ring is 1. The summed E-state index contributed by atoms with van der Waals surface area (Å²) in [5.41, 5.74) is 2.66. The second-order valence-electron chi connectivity index (χ2n) is 6.59.